The van der Waals surface area contributed by atoms with E-state index >= 15 is 0 Å². The molecule has 1 rings (SSSR count). The largest absolute Gasteiger partial charge is 0.480 e. The maximum absolute atomic E-state index is 12.0. The van der Waals surface area contributed by atoms with Gasteiger partial charge in [0.05, 0.1) is 24.0 Å². The Labute approximate surface area is 121 Å². The lowest BCUT2D eigenvalue weighted by Gasteiger charge is -2.22. The number of hydrogen-bond acceptors (Lipinski definition) is 4. The van der Waals surface area contributed by atoms with Crippen LogP contribution in [0, 0.1) is 0 Å². The second-order valence-electron chi connectivity index (χ2n) is 4.15. The quantitative estimate of drug-likeness (QED) is 0.834. The number of carboxylic acids is 1. The first-order chi connectivity index (χ1) is 8.92. The molecule has 1 aromatic rings. The van der Waals surface area contributed by atoms with Crippen molar-refractivity contribution in [2.24, 2.45) is 0 Å². The van der Waals surface area contributed by atoms with Crippen LogP contribution in [0.25, 0.3) is 0 Å². The second kappa shape index (κ2) is 7.47. The molecule has 19 heavy (non-hydrogen) atoms. The van der Waals surface area contributed by atoms with E-state index in [1.165, 1.54) is 11.3 Å². The second-order valence-corrected chi connectivity index (χ2v) is 5.95. The molecule has 1 heterocycles. The van der Waals surface area contributed by atoms with Gasteiger partial charge in [0.15, 0.2) is 0 Å². The standard InChI is InChI=1S/C12H17ClN2O3S/c1-3-15(8-12(17)18)7-11(16)14(2)6-9-4-5-10(13)19-9/h4-5H,3,6-8H2,1-2H3,(H,17,18). The van der Waals surface area contributed by atoms with Crippen LogP contribution >= 0.6 is 22.9 Å². The Bertz CT molecular complexity index is 450. The summed E-state index contributed by atoms with van der Waals surface area (Å²) in [6.45, 7) is 2.83. The van der Waals surface area contributed by atoms with Crippen molar-refractivity contribution in [1.29, 1.82) is 0 Å². The third-order valence-corrected chi connectivity index (χ3v) is 3.83. The van der Waals surface area contributed by atoms with Crippen LogP contribution in [0.5, 0.6) is 0 Å². The van der Waals surface area contributed by atoms with Gasteiger partial charge in [0.2, 0.25) is 5.91 Å². The molecule has 0 atom stereocenters. The molecule has 0 radical (unpaired) electrons. The SMILES string of the molecule is CCN(CC(=O)O)CC(=O)N(C)Cc1ccc(Cl)s1. The molecule has 1 aromatic heterocycles. The van der Waals surface area contributed by atoms with Gasteiger partial charge in [0, 0.05) is 11.9 Å². The molecule has 0 aliphatic rings. The average Bonchev–Trinajstić information content (AvgIpc) is 2.73. The Morgan fingerprint density at radius 2 is 2.05 bits per heavy atom. The zero-order valence-corrected chi connectivity index (χ0v) is 12.5. The van der Waals surface area contributed by atoms with E-state index in [0.717, 1.165) is 4.88 Å². The van der Waals surface area contributed by atoms with Gasteiger partial charge in [-0.3, -0.25) is 14.5 Å². The minimum atomic E-state index is -0.928. The number of nitrogens with zero attached hydrogens (tertiary/aromatic N) is 2. The van der Waals surface area contributed by atoms with Crippen LogP contribution in [0.2, 0.25) is 4.34 Å². The Morgan fingerprint density at radius 1 is 1.37 bits per heavy atom. The fourth-order valence-corrected chi connectivity index (χ4v) is 2.68. The smallest absolute Gasteiger partial charge is 0.317 e. The van der Waals surface area contributed by atoms with Crippen molar-refractivity contribution in [2.75, 3.05) is 26.7 Å². The molecule has 0 aliphatic heterocycles. The normalized spacial score (nSPS) is 10.7. The number of carbonyl (C=O) groups excluding carboxylic acids is 1. The van der Waals surface area contributed by atoms with Gasteiger partial charge < -0.3 is 10.0 Å². The van der Waals surface area contributed by atoms with E-state index in [-0.39, 0.29) is 19.0 Å². The molecule has 0 spiro atoms. The summed E-state index contributed by atoms with van der Waals surface area (Å²) in [5, 5.41) is 8.72. The Balaban J connectivity index is 2.49. The highest BCUT2D eigenvalue weighted by Gasteiger charge is 2.16. The van der Waals surface area contributed by atoms with Crippen molar-refractivity contribution in [3.63, 3.8) is 0 Å². The lowest BCUT2D eigenvalue weighted by atomic mass is 10.4. The molecular weight excluding hydrogens is 288 g/mol. The van der Waals surface area contributed by atoms with Gasteiger partial charge in [-0.15, -0.1) is 11.3 Å². The maximum Gasteiger partial charge on any atom is 0.317 e. The van der Waals surface area contributed by atoms with E-state index in [2.05, 4.69) is 0 Å². The number of halogens is 1. The number of aliphatic carboxylic acids is 1. The summed E-state index contributed by atoms with van der Waals surface area (Å²) < 4.78 is 0.692. The zero-order valence-electron chi connectivity index (χ0n) is 10.9. The molecule has 5 nitrogen and oxygen atoms in total. The number of thiophene rings is 1. The summed E-state index contributed by atoms with van der Waals surface area (Å²) in [7, 11) is 1.70. The van der Waals surface area contributed by atoms with Crippen LogP contribution < -0.4 is 0 Å². The summed E-state index contributed by atoms with van der Waals surface area (Å²) in [5.74, 6) is -1.03. The van der Waals surface area contributed by atoms with Gasteiger partial charge >= 0.3 is 5.97 Å². The molecule has 1 N–H and O–H groups in total. The van der Waals surface area contributed by atoms with Gasteiger partial charge in [0.1, 0.15) is 0 Å². The number of carboxylic acid groups (broad SMARTS) is 1. The highest BCUT2D eigenvalue weighted by atomic mass is 35.5. The molecule has 0 aliphatic carbocycles. The van der Waals surface area contributed by atoms with E-state index < -0.39 is 5.97 Å². The summed E-state index contributed by atoms with van der Waals surface area (Å²) in [6.07, 6.45) is 0. The van der Waals surface area contributed by atoms with E-state index in [4.69, 9.17) is 16.7 Å². The van der Waals surface area contributed by atoms with Crippen molar-refractivity contribution >= 4 is 34.8 Å². The van der Waals surface area contributed by atoms with Crippen molar-refractivity contribution in [3.8, 4) is 0 Å². The summed E-state index contributed by atoms with van der Waals surface area (Å²) in [4.78, 5) is 26.8. The minimum Gasteiger partial charge on any atom is -0.480 e. The number of hydrogen-bond donors (Lipinski definition) is 1. The number of rotatable bonds is 7. The van der Waals surface area contributed by atoms with Gasteiger partial charge in [-0.25, -0.2) is 0 Å². The van der Waals surface area contributed by atoms with E-state index in [1.807, 2.05) is 13.0 Å². The van der Waals surface area contributed by atoms with Crippen LogP contribution in [0.1, 0.15) is 11.8 Å². The highest BCUT2D eigenvalue weighted by Crippen LogP contribution is 2.22. The minimum absolute atomic E-state index is 0.104. The van der Waals surface area contributed by atoms with Gasteiger partial charge in [-0.2, -0.15) is 0 Å². The predicted octanol–water partition coefficient (Wildman–Crippen LogP) is 1.77. The van der Waals surface area contributed by atoms with Crippen LogP contribution in [-0.2, 0) is 16.1 Å². The van der Waals surface area contributed by atoms with Gasteiger partial charge in [-0.05, 0) is 18.7 Å². The van der Waals surface area contributed by atoms with Crippen molar-refractivity contribution in [2.45, 2.75) is 13.5 Å². The maximum atomic E-state index is 12.0. The highest BCUT2D eigenvalue weighted by molar-refractivity contribution is 7.16. The number of carbonyl (C=O) groups is 2. The van der Waals surface area contributed by atoms with E-state index in [9.17, 15) is 9.59 Å². The molecular formula is C12H17ClN2O3S. The van der Waals surface area contributed by atoms with Gasteiger partial charge in [-0.1, -0.05) is 18.5 Å². The Kier molecular flexibility index (Phi) is 6.27. The van der Waals surface area contributed by atoms with Crippen LogP contribution in [0.4, 0.5) is 0 Å². The molecule has 0 unspecified atom stereocenters. The van der Waals surface area contributed by atoms with Crippen LogP contribution in [-0.4, -0.2) is 53.5 Å². The van der Waals surface area contributed by atoms with Crippen molar-refractivity contribution in [3.05, 3.63) is 21.3 Å². The predicted molar refractivity (Wildman–Crippen MR) is 75.6 cm³/mol. The van der Waals surface area contributed by atoms with Crippen molar-refractivity contribution < 1.29 is 14.7 Å². The summed E-state index contributed by atoms with van der Waals surface area (Å²) in [5.41, 5.74) is 0. The molecule has 1 amide bonds. The first-order valence-electron chi connectivity index (χ1n) is 5.84. The molecule has 7 heteroatoms. The molecule has 0 fully saturated rings. The lowest BCUT2D eigenvalue weighted by Crippen LogP contribution is -2.40. The third-order valence-electron chi connectivity index (χ3n) is 2.61. The first-order valence-corrected chi connectivity index (χ1v) is 7.04. The topological polar surface area (TPSA) is 60.9 Å². The molecule has 0 bridgehead atoms. The Morgan fingerprint density at radius 3 is 2.53 bits per heavy atom. The van der Waals surface area contributed by atoms with Gasteiger partial charge in [0.25, 0.3) is 0 Å². The zero-order chi connectivity index (χ0) is 14.4. The molecule has 0 saturated carbocycles. The number of amides is 1. The third kappa shape index (κ3) is 5.59. The van der Waals surface area contributed by atoms with E-state index in [1.54, 1.807) is 22.9 Å². The van der Waals surface area contributed by atoms with Crippen LogP contribution in [0.3, 0.4) is 0 Å². The fraction of sp³-hybridized carbons (Fsp3) is 0.500. The summed E-state index contributed by atoms with van der Waals surface area (Å²) in [6, 6.07) is 3.67. The molecule has 0 saturated heterocycles. The monoisotopic (exact) mass is 304 g/mol. The fourth-order valence-electron chi connectivity index (χ4n) is 1.54. The van der Waals surface area contributed by atoms with Crippen molar-refractivity contribution in [1.82, 2.24) is 9.80 Å². The summed E-state index contributed by atoms with van der Waals surface area (Å²) >= 11 is 7.26. The number of likely N-dealkylation sites (N-methyl/N-ethyl adjacent to an activating group) is 2. The average molecular weight is 305 g/mol. The Hall–Kier alpha value is -1.11. The molecule has 0 aromatic carbocycles. The first kappa shape index (κ1) is 15.9. The molecule has 106 valence electrons. The lowest BCUT2D eigenvalue weighted by molar-refractivity contribution is -0.139. The van der Waals surface area contributed by atoms with Crippen LogP contribution in [0.15, 0.2) is 12.1 Å². The van der Waals surface area contributed by atoms with E-state index in [0.29, 0.717) is 17.4 Å².